The molecule has 0 aliphatic rings. The zero-order valence-corrected chi connectivity index (χ0v) is 10.8. The molecule has 0 aliphatic carbocycles. The van der Waals surface area contributed by atoms with Crippen LogP contribution in [0.2, 0.25) is 0 Å². The van der Waals surface area contributed by atoms with Gasteiger partial charge in [0.2, 0.25) is 0 Å². The average Bonchev–Trinajstić information content (AvgIpc) is 2.86. The van der Waals surface area contributed by atoms with Crippen LogP contribution in [0.25, 0.3) is 11.4 Å². The smallest absolute Gasteiger partial charge is 0.140 e. The van der Waals surface area contributed by atoms with Gasteiger partial charge in [0.25, 0.3) is 0 Å². The molecule has 0 saturated carbocycles. The molecule has 2 rings (SSSR count). The number of anilines is 1. The predicted molar refractivity (Wildman–Crippen MR) is 73.3 cm³/mol. The first kappa shape index (κ1) is 12.6. The minimum atomic E-state index is 0.361. The van der Waals surface area contributed by atoms with E-state index in [2.05, 4.69) is 16.5 Å². The molecule has 0 aliphatic heterocycles. The second kappa shape index (κ2) is 5.69. The van der Waals surface area contributed by atoms with E-state index >= 15 is 0 Å². The van der Waals surface area contributed by atoms with Crippen molar-refractivity contribution >= 4 is 5.69 Å². The Morgan fingerprint density at radius 1 is 1.33 bits per heavy atom. The summed E-state index contributed by atoms with van der Waals surface area (Å²) in [5.74, 6) is 0.971. The Hall–Kier alpha value is -1.81. The highest BCUT2D eigenvalue weighted by atomic mass is 16.5. The fourth-order valence-corrected chi connectivity index (χ4v) is 1.95. The largest absolute Gasteiger partial charge is 0.399 e. The first-order valence-electron chi connectivity index (χ1n) is 6.10. The number of aromatic nitrogens is 2. The van der Waals surface area contributed by atoms with Crippen molar-refractivity contribution in [3.63, 3.8) is 0 Å². The minimum Gasteiger partial charge on any atom is -0.399 e. The van der Waals surface area contributed by atoms with Crippen LogP contribution in [0.5, 0.6) is 0 Å². The summed E-state index contributed by atoms with van der Waals surface area (Å²) in [4.78, 5) is 4.43. The Kier molecular flexibility index (Phi) is 3.99. The van der Waals surface area contributed by atoms with Crippen molar-refractivity contribution in [2.45, 2.75) is 19.4 Å². The topological polar surface area (TPSA) is 53.1 Å². The first-order valence-corrected chi connectivity index (χ1v) is 6.10. The minimum absolute atomic E-state index is 0.361. The van der Waals surface area contributed by atoms with Gasteiger partial charge in [0.15, 0.2) is 0 Å². The van der Waals surface area contributed by atoms with E-state index in [4.69, 9.17) is 10.5 Å². The third-order valence-electron chi connectivity index (χ3n) is 3.05. The molecule has 2 N–H and O–H groups in total. The molecule has 2 aromatic rings. The number of methoxy groups -OCH3 is 1. The maximum atomic E-state index is 5.70. The van der Waals surface area contributed by atoms with Crippen molar-refractivity contribution in [3.05, 3.63) is 36.7 Å². The molecule has 4 heteroatoms. The number of nitrogens with zero attached hydrogens (tertiary/aromatic N) is 2. The molecule has 96 valence electrons. The normalized spacial score (nSPS) is 12.6. The standard InChI is InChI=1S/C14H19N3O/c1-11(7-10-18-2)17-9-8-16-14(17)12-3-5-13(15)6-4-12/h3-6,8-9,11H,7,10,15H2,1-2H3. The monoisotopic (exact) mass is 245 g/mol. The van der Waals surface area contributed by atoms with Gasteiger partial charge in [-0.15, -0.1) is 0 Å². The highest BCUT2D eigenvalue weighted by Crippen LogP contribution is 2.23. The number of nitrogens with two attached hydrogens (primary N) is 1. The van der Waals surface area contributed by atoms with Gasteiger partial charge in [0.1, 0.15) is 5.82 Å². The molecule has 4 nitrogen and oxygen atoms in total. The molecule has 1 aromatic carbocycles. The lowest BCUT2D eigenvalue weighted by atomic mass is 10.1. The van der Waals surface area contributed by atoms with Crippen LogP contribution in [0.4, 0.5) is 5.69 Å². The third-order valence-corrected chi connectivity index (χ3v) is 3.05. The molecule has 1 unspecified atom stereocenters. The maximum absolute atomic E-state index is 5.70. The molecule has 18 heavy (non-hydrogen) atoms. The van der Waals surface area contributed by atoms with E-state index < -0.39 is 0 Å². The van der Waals surface area contributed by atoms with Gasteiger partial charge in [-0.2, -0.15) is 0 Å². The highest BCUT2D eigenvalue weighted by molar-refractivity contribution is 5.59. The summed E-state index contributed by atoms with van der Waals surface area (Å²) >= 11 is 0. The van der Waals surface area contributed by atoms with E-state index in [1.54, 1.807) is 7.11 Å². The molecule has 0 saturated heterocycles. The Balaban J connectivity index is 2.24. The summed E-state index contributed by atoms with van der Waals surface area (Å²) in [6.45, 7) is 2.92. The van der Waals surface area contributed by atoms with E-state index in [-0.39, 0.29) is 0 Å². The molecule has 0 amide bonds. The average molecular weight is 245 g/mol. The van der Waals surface area contributed by atoms with E-state index in [9.17, 15) is 0 Å². The van der Waals surface area contributed by atoms with E-state index in [0.717, 1.165) is 30.1 Å². The van der Waals surface area contributed by atoms with Crippen LogP contribution in [-0.4, -0.2) is 23.3 Å². The van der Waals surface area contributed by atoms with Gasteiger partial charge >= 0.3 is 0 Å². The van der Waals surface area contributed by atoms with Crippen molar-refractivity contribution in [3.8, 4) is 11.4 Å². The van der Waals surface area contributed by atoms with Crippen LogP contribution in [0.15, 0.2) is 36.7 Å². The third kappa shape index (κ3) is 2.71. The molecule has 0 fully saturated rings. The van der Waals surface area contributed by atoms with Gasteiger partial charge in [-0.05, 0) is 37.6 Å². The number of rotatable bonds is 5. The summed E-state index contributed by atoms with van der Waals surface area (Å²) in [5.41, 5.74) is 7.55. The zero-order chi connectivity index (χ0) is 13.0. The first-order chi connectivity index (χ1) is 8.72. The van der Waals surface area contributed by atoms with Crippen LogP contribution < -0.4 is 5.73 Å². The number of ether oxygens (including phenoxy) is 1. The number of benzene rings is 1. The van der Waals surface area contributed by atoms with Crippen molar-refractivity contribution in [2.75, 3.05) is 19.5 Å². The van der Waals surface area contributed by atoms with Crippen molar-refractivity contribution < 1.29 is 4.74 Å². The Labute approximate surface area is 107 Å². The van der Waals surface area contributed by atoms with Gasteiger partial charge in [-0.25, -0.2) is 4.98 Å². The molecular formula is C14H19N3O. The molecule has 1 aromatic heterocycles. The van der Waals surface area contributed by atoms with Crippen LogP contribution in [0, 0.1) is 0 Å². The molecule has 0 radical (unpaired) electrons. The fourth-order valence-electron chi connectivity index (χ4n) is 1.95. The summed E-state index contributed by atoms with van der Waals surface area (Å²) in [6.07, 6.45) is 4.80. The van der Waals surface area contributed by atoms with Crippen LogP contribution in [0.3, 0.4) is 0 Å². The molecule has 0 bridgehead atoms. The lowest BCUT2D eigenvalue weighted by Gasteiger charge is -2.16. The Bertz CT molecular complexity index is 490. The Morgan fingerprint density at radius 3 is 2.72 bits per heavy atom. The van der Waals surface area contributed by atoms with Crippen LogP contribution in [-0.2, 0) is 4.74 Å². The molecular weight excluding hydrogens is 226 g/mol. The van der Waals surface area contributed by atoms with E-state index in [1.165, 1.54) is 0 Å². The van der Waals surface area contributed by atoms with Crippen molar-refractivity contribution in [1.82, 2.24) is 9.55 Å². The lowest BCUT2D eigenvalue weighted by Crippen LogP contribution is -2.08. The van der Waals surface area contributed by atoms with Gasteiger partial charge in [-0.3, -0.25) is 0 Å². The quantitative estimate of drug-likeness (QED) is 0.824. The van der Waals surface area contributed by atoms with Crippen molar-refractivity contribution in [1.29, 1.82) is 0 Å². The second-order valence-electron chi connectivity index (χ2n) is 4.41. The van der Waals surface area contributed by atoms with Crippen LogP contribution in [0.1, 0.15) is 19.4 Å². The summed E-state index contributed by atoms with van der Waals surface area (Å²) in [6, 6.07) is 8.15. The zero-order valence-electron chi connectivity index (χ0n) is 10.8. The van der Waals surface area contributed by atoms with Gasteiger partial charge < -0.3 is 15.0 Å². The number of hydrogen-bond donors (Lipinski definition) is 1. The SMILES string of the molecule is COCCC(C)n1ccnc1-c1ccc(N)cc1. The summed E-state index contributed by atoms with van der Waals surface area (Å²) < 4.78 is 7.29. The van der Waals surface area contributed by atoms with E-state index in [1.807, 2.05) is 36.7 Å². The number of nitrogen functional groups attached to an aromatic ring is 1. The summed E-state index contributed by atoms with van der Waals surface area (Å²) in [5, 5.41) is 0. The molecule has 1 atom stereocenters. The lowest BCUT2D eigenvalue weighted by molar-refractivity contribution is 0.181. The van der Waals surface area contributed by atoms with Crippen LogP contribution >= 0.6 is 0 Å². The van der Waals surface area contributed by atoms with Gasteiger partial charge in [0, 0.05) is 43.4 Å². The fraction of sp³-hybridized carbons (Fsp3) is 0.357. The van der Waals surface area contributed by atoms with Crippen molar-refractivity contribution in [2.24, 2.45) is 0 Å². The Morgan fingerprint density at radius 2 is 2.06 bits per heavy atom. The van der Waals surface area contributed by atoms with Gasteiger partial charge in [0.05, 0.1) is 0 Å². The predicted octanol–water partition coefficient (Wildman–Crippen LogP) is 2.73. The summed E-state index contributed by atoms with van der Waals surface area (Å²) in [7, 11) is 1.72. The molecule has 1 heterocycles. The highest BCUT2D eigenvalue weighted by Gasteiger charge is 2.11. The van der Waals surface area contributed by atoms with E-state index in [0.29, 0.717) is 6.04 Å². The second-order valence-corrected chi connectivity index (χ2v) is 4.41. The van der Waals surface area contributed by atoms with Gasteiger partial charge in [-0.1, -0.05) is 0 Å². The number of imidazole rings is 1. The number of hydrogen-bond acceptors (Lipinski definition) is 3. The maximum Gasteiger partial charge on any atom is 0.140 e. The molecule has 0 spiro atoms.